The van der Waals surface area contributed by atoms with Crippen LogP contribution in [-0.2, 0) is 0 Å². The molecule has 0 bridgehead atoms. The molecule has 1 saturated carbocycles. The second-order valence-corrected chi connectivity index (χ2v) is 4.78. The van der Waals surface area contributed by atoms with Gasteiger partial charge < -0.3 is 4.90 Å². The van der Waals surface area contributed by atoms with Gasteiger partial charge in [-0.3, -0.25) is 4.79 Å². The lowest BCUT2D eigenvalue weighted by atomic mass is 10.2. The molecule has 1 heterocycles. The zero-order chi connectivity index (χ0) is 11.4. The highest BCUT2D eigenvalue weighted by molar-refractivity contribution is 7.07. The fourth-order valence-corrected chi connectivity index (χ4v) is 2.74. The van der Waals surface area contributed by atoms with Crippen molar-refractivity contribution >= 4 is 17.2 Å². The Hall–Kier alpha value is -1.16. The van der Waals surface area contributed by atoms with Gasteiger partial charge in [0.15, 0.2) is 0 Å². The van der Waals surface area contributed by atoms with Gasteiger partial charge in [-0.25, -0.2) is 4.98 Å². The molecule has 86 valence electrons. The molecule has 16 heavy (non-hydrogen) atoms. The summed E-state index contributed by atoms with van der Waals surface area (Å²) in [5.74, 6) is 0.0491. The van der Waals surface area contributed by atoms with Gasteiger partial charge in [0.25, 0.3) is 5.91 Å². The van der Waals surface area contributed by atoms with E-state index in [9.17, 15) is 4.79 Å². The zero-order valence-corrected chi connectivity index (χ0v) is 10.1. The summed E-state index contributed by atoms with van der Waals surface area (Å²) in [7, 11) is 0. The molecule has 1 aliphatic rings. The first-order valence-corrected chi connectivity index (χ1v) is 6.57. The Labute approximate surface area is 99.8 Å². The third-order valence-electron chi connectivity index (χ3n) is 3.00. The standard InChI is InChI=1S/C12H16N2OS/c1-2-7-14(10-5-3-4-6-10)12(15)11-8-16-9-13-11/h2,8-10H,1,3-7H2. The van der Waals surface area contributed by atoms with E-state index in [1.165, 1.54) is 24.2 Å². The Bertz CT molecular complexity index is 355. The molecule has 1 aromatic rings. The SMILES string of the molecule is C=CCN(C(=O)c1cscn1)C1CCCC1. The molecular weight excluding hydrogens is 220 g/mol. The minimum absolute atomic E-state index is 0.0491. The summed E-state index contributed by atoms with van der Waals surface area (Å²) in [6.07, 6.45) is 6.47. The summed E-state index contributed by atoms with van der Waals surface area (Å²) in [6, 6.07) is 0.382. The molecule has 0 aromatic carbocycles. The van der Waals surface area contributed by atoms with Crippen LogP contribution < -0.4 is 0 Å². The molecule has 0 unspecified atom stereocenters. The Morgan fingerprint density at radius 3 is 2.94 bits per heavy atom. The number of hydrogen-bond acceptors (Lipinski definition) is 3. The number of rotatable bonds is 4. The molecule has 2 rings (SSSR count). The van der Waals surface area contributed by atoms with Crippen LogP contribution in [0.1, 0.15) is 36.2 Å². The minimum Gasteiger partial charge on any atom is -0.331 e. The third kappa shape index (κ3) is 2.32. The maximum absolute atomic E-state index is 12.2. The van der Waals surface area contributed by atoms with Crippen LogP contribution in [0, 0.1) is 0 Å². The number of thiazole rings is 1. The van der Waals surface area contributed by atoms with Crippen molar-refractivity contribution in [3.05, 3.63) is 29.2 Å². The van der Waals surface area contributed by atoms with Crippen LogP contribution in [-0.4, -0.2) is 28.4 Å². The van der Waals surface area contributed by atoms with Gasteiger partial charge in [-0.2, -0.15) is 0 Å². The van der Waals surface area contributed by atoms with Gasteiger partial charge in [-0.1, -0.05) is 18.9 Å². The minimum atomic E-state index is 0.0491. The lowest BCUT2D eigenvalue weighted by Crippen LogP contribution is -2.39. The fraction of sp³-hybridized carbons (Fsp3) is 0.500. The van der Waals surface area contributed by atoms with E-state index >= 15 is 0 Å². The van der Waals surface area contributed by atoms with Crippen molar-refractivity contribution in [3.63, 3.8) is 0 Å². The van der Waals surface area contributed by atoms with Crippen LogP contribution in [0.3, 0.4) is 0 Å². The summed E-state index contributed by atoms with van der Waals surface area (Å²) in [4.78, 5) is 18.2. The van der Waals surface area contributed by atoms with Crippen LogP contribution in [0.5, 0.6) is 0 Å². The smallest absolute Gasteiger partial charge is 0.273 e. The molecule has 0 N–H and O–H groups in total. The van der Waals surface area contributed by atoms with Gasteiger partial charge in [0, 0.05) is 18.0 Å². The van der Waals surface area contributed by atoms with E-state index in [2.05, 4.69) is 11.6 Å². The van der Waals surface area contributed by atoms with Gasteiger partial charge in [0.2, 0.25) is 0 Å². The molecule has 0 atom stereocenters. The zero-order valence-electron chi connectivity index (χ0n) is 9.26. The van der Waals surface area contributed by atoms with Crippen LogP contribution in [0.2, 0.25) is 0 Å². The van der Waals surface area contributed by atoms with Crippen molar-refractivity contribution in [2.75, 3.05) is 6.54 Å². The second kappa shape index (κ2) is 5.25. The van der Waals surface area contributed by atoms with E-state index in [0.29, 0.717) is 18.3 Å². The highest BCUT2D eigenvalue weighted by Crippen LogP contribution is 2.24. The van der Waals surface area contributed by atoms with E-state index in [4.69, 9.17) is 0 Å². The van der Waals surface area contributed by atoms with Crippen molar-refractivity contribution in [2.45, 2.75) is 31.7 Å². The Balaban J connectivity index is 2.12. The van der Waals surface area contributed by atoms with Gasteiger partial charge >= 0.3 is 0 Å². The Morgan fingerprint density at radius 1 is 1.62 bits per heavy atom. The number of aromatic nitrogens is 1. The van der Waals surface area contributed by atoms with E-state index in [1.807, 2.05) is 10.3 Å². The third-order valence-corrected chi connectivity index (χ3v) is 3.59. The van der Waals surface area contributed by atoms with Gasteiger partial charge in [0.05, 0.1) is 5.51 Å². The number of carbonyl (C=O) groups excluding carboxylic acids is 1. The molecule has 4 heteroatoms. The number of hydrogen-bond donors (Lipinski definition) is 0. The first kappa shape index (κ1) is 11.3. The molecule has 0 saturated heterocycles. The van der Waals surface area contributed by atoms with Crippen molar-refractivity contribution < 1.29 is 4.79 Å². The Morgan fingerprint density at radius 2 is 2.38 bits per heavy atom. The fourth-order valence-electron chi connectivity index (χ4n) is 2.22. The van der Waals surface area contributed by atoms with Gasteiger partial charge in [-0.15, -0.1) is 17.9 Å². The van der Waals surface area contributed by atoms with Gasteiger partial charge in [0.1, 0.15) is 5.69 Å². The van der Waals surface area contributed by atoms with Crippen LogP contribution in [0.15, 0.2) is 23.5 Å². The van der Waals surface area contributed by atoms with Crippen molar-refractivity contribution in [2.24, 2.45) is 0 Å². The van der Waals surface area contributed by atoms with E-state index in [-0.39, 0.29) is 5.91 Å². The second-order valence-electron chi connectivity index (χ2n) is 4.06. The summed E-state index contributed by atoms with van der Waals surface area (Å²) in [5, 5.41) is 1.81. The molecule has 1 aromatic heterocycles. The quantitative estimate of drug-likeness (QED) is 0.753. The molecule has 0 aliphatic heterocycles. The topological polar surface area (TPSA) is 33.2 Å². The van der Waals surface area contributed by atoms with E-state index in [1.54, 1.807) is 11.6 Å². The van der Waals surface area contributed by atoms with Crippen LogP contribution in [0.25, 0.3) is 0 Å². The highest BCUT2D eigenvalue weighted by atomic mass is 32.1. The molecule has 0 radical (unpaired) electrons. The lowest BCUT2D eigenvalue weighted by Gasteiger charge is -2.27. The maximum atomic E-state index is 12.2. The predicted molar refractivity (Wildman–Crippen MR) is 65.6 cm³/mol. The summed E-state index contributed by atoms with van der Waals surface area (Å²) in [5.41, 5.74) is 2.27. The summed E-state index contributed by atoms with van der Waals surface area (Å²) in [6.45, 7) is 4.35. The molecule has 1 amide bonds. The molecule has 3 nitrogen and oxygen atoms in total. The average Bonchev–Trinajstić information content (AvgIpc) is 2.96. The van der Waals surface area contributed by atoms with Crippen molar-refractivity contribution in [3.8, 4) is 0 Å². The van der Waals surface area contributed by atoms with Crippen LogP contribution >= 0.6 is 11.3 Å². The molecule has 1 aliphatic carbocycles. The summed E-state index contributed by atoms with van der Waals surface area (Å²) >= 11 is 1.46. The predicted octanol–water partition coefficient (Wildman–Crippen LogP) is 2.71. The molecular formula is C12H16N2OS. The normalized spacial score (nSPS) is 16.2. The lowest BCUT2D eigenvalue weighted by molar-refractivity contribution is 0.0701. The van der Waals surface area contributed by atoms with E-state index in [0.717, 1.165) is 12.8 Å². The van der Waals surface area contributed by atoms with E-state index < -0.39 is 0 Å². The average molecular weight is 236 g/mol. The number of carbonyl (C=O) groups is 1. The highest BCUT2D eigenvalue weighted by Gasteiger charge is 2.27. The largest absolute Gasteiger partial charge is 0.331 e. The summed E-state index contributed by atoms with van der Waals surface area (Å²) < 4.78 is 0. The number of amides is 1. The Kier molecular flexibility index (Phi) is 3.72. The monoisotopic (exact) mass is 236 g/mol. The number of nitrogens with zero attached hydrogens (tertiary/aromatic N) is 2. The molecule has 1 fully saturated rings. The maximum Gasteiger partial charge on any atom is 0.273 e. The van der Waals surface area contributed by atoms with Crippen molar-refractivity contribution in [1.29, 1.82) is 0 Å². The van der Waals surface area contributed by atoms with Gasteiger partial charge in [-0.05, 0) is 12.8 Å². The van der Waals surface area contributed by atoms with Crippen LogP contribution in [0.4, 0.5) is 0 Å². The van der Waals surface area contributed by atoms with Crippen molar-refractivity contribution in [1.82, 2.24) is 9.88 Å². The first-order valence-electron chi connectivity index (χ1n) is 5.63. The molecule has 0 spiro atoms. The first-order chi connectivity index (χ1) is 7.83.